The molecule has 0 bridgehead atoms. The number of ether oxygens (including phenoxy) is 1. The molecule has 0 fully saturated rings. The van der Waals surface area contributed by atoms with Crippen molar-refractivity contribution in [2.45, 2.75) is 13.0 Å². The Balaban J connectivity index is 2.48. The van der Waals surface area contributed by atoms with Gasteiger partial charge >= 0.3 is 0 Å². The molecule has 2 rings (SSSR count). The summed E-state index contributed by atoms with van der Waals surface area (Å²) in [5.74, 6) is 0.697. The van der Waals surface area contributed by atoms with Gasteiger partial charge in [0, 0.05) is 11.1 Å². The molecule has 1 heterocycles. The Hall–Kier alpha value is -0.360. The van der Waals surface area contributed by atoms with Gasteiger partial charge in [-0.3, -0.25) is 0 Å². The minimum absolute atomic E-state index is 0.697. The van der Waals surface area contributed by atoms with Crippen LogP contribution in [0.3, 0.4) is 0 Å². The molecule has 0 aliphatic carbocycles. The summed E-state index contributed by atoms with van der Waals surface area (Å²) in [5, 5.41) is 10.5. The minimum Gasteiger partial charge on any atom is -0.496 e. The summed E-state index contributed by atoms with van der Waals surface area (Å²) in [6.07, 6.45) is -0.697. The highest BCUT2D eigenvalue weighted by atomic mass is 79.9. The molecule has 0 saturated carbocycles. The largest absolute Gasteiger partial charge is 0.496 e. The molecule has 96 valence electrons. The van der Waals surface area contributed by atoms with Crippen LogP contribution < -0.4 is 4.74 Å². The zero-order valence-electron chi connectivity index (χ0n) is 9.91. The summed E-state index contributed by atoms with van der Waals surface area (Å²) in [6.45, 7) is 1.99. The highest BCUT2D eigenvalue weighted by Gasteiger charge is 2.20. The van der Waals surface area contributed by atoms with Gasteiger partial charge in [-0.25, -0.2) is 0 Å². The first kappa shape index (κ1) is 14.1. The van der Waals surface area contributed by atoms with E-state index in [0.29, 0.717) is 5.75 Å². The molecule has 5 heteroatoms. The van der Waals surface area contributed by atoms with E-state index in [1.54, 1.807) is 18.4 Å². The monoisotopic (exact) mass is 390 g/mol. The molecule has 0 spiro atoms. The fourth-order valence-corrected chi connectivity index (χ4v) is 4.66. The van der Waals surface area contributed by atoms with E-state index in [9.17, 15) is 5.11 Å². The number of hydrogen-bond donors (Lipinski definition) is 1. The van der Waals surface area contributed by atoms with Crippen molar-refractivity contribution >= 4 is 43.2 Å². The van der Waals surface area contributed by atoms with Crippen LogP contribution in [0.5, 0.6) is 5.75 Å². The van der Waals surface area contributed by atoms with Crippen molar-refractivity contribution in [3.63, 3.8) is 0 Å². The quantitative estimate of drug-likeness (QED) is 0.823. The zero-order chi connectivity index (χ0) is 13.3. The normalized spacial score (nSPS) is 12.5. The maximum Gasteiger partial charge on any atom is 0.125 e. The lowest BCUT2D eigenvalue weighted by Crippen LogP contribution is -2.02. The number of aliphatic hydroxyl groups excluding tert-OH is 1. The van der Waals surface area contributed by atoms with Gasteiger partial charge in [-0.1, -0.05) is 11.6 Å². The molecule has 0 radical (unpaired) electrons. The molecule has 0 aliphatic rings. The Labute approximate surface area is 127 Å². The van der Waals surface area contributed by atoms with Gasteiger partial charge in [0.15, 0.2) is 0 Å². The number of methoxy groups -OCH3 is 1. The summed E-state index contributed by atoms with van der Waals surface area (Å²) in [6, 6.07) is 7.71. The van der Waals surface area contributed by atoms with Crippen LogP contribution in [0.4, 0.5) is 0 Å². The van der Waals surface area contributed by atoms with Crippen LogP contribution in [0.25, 0.3) is 0 Å². The molecular formula is C13H12Br2O2S. The second kappa shape index (κ2) is 5.74. The van der Waals surface area contributed by atoms with E-state index in [1.807, 2.05) is 31.2 Å². The van der Waals surface area contributed by atoms with Crippen LogP contribution in [0, 0.1) is 6.92 Å². The van der Waals surface area contributed by atoms with Gasteiger partial charge in [-0.05, 0) is 57.0 Å². The van der Waals surface area contributed by atoms with Gasteiger partial charge in [0.05, 0.1) is 14.7 Å². The number of hydrogen-bond acceptors (Lipinski definition) is 3. The first-order valence-electron chi connectivity index (χ1n) is 5.30. The third-order valence-corrected chi connectivity index (χ3v) is 5.04. The summed E-state index contributed by atoms with van der Waals surface area (Å²) >= 11 is 8.43. The van der Waals surface area contributed by atoms with E-state index >= 15 is 0 Å². The second-order valence-electron chi connectivity index (χ2n) is 3.93. The predicted octanol–water partition coefficient (Wildman–Crippen LogP) is 4.67. The number of rotatable bonds is 3. The van der Waals surface area contributed by atoms with Gasteiger partial charge in [0.1, 0.15) is 11.9 Å². The third-order valence-electron chi connectivity index (χ3n) is 2.66. The van der Waals surface area contributed by atoms with Crippen LogP contribution >= 0.6 is 43.2 Å². The first-order chi connectivity index (χ1) is 8.52. The number of benzene rings is 1. The third kappa shape index (κ3) is 2.79. The molecule has 1 aromatic carbocycles. The van der Waals surface area contributed by atoms with E-state index in [0.717, 1.165) is 24.3 Å². The lowest BCUT2D eigenvalue weighted by Gasteiger charge is -2.15. The average molecular weight is 392 g/mol. The number of aryl methyl sites for hydroxylation is 1. The Morgan fingerprint density at radius 3 is 2.50 bits per heavy atom. The van der Waals surface area contributed by atoms with E-state index in [-0.39, 0.29) is 0 Å². The van der Waals surface area contributed by atoms with E-state index < -0.39 is 6.10 Å². The van der Waals surface area contributed by atoms with Crippen LogP contribution in [0.1, 0.15) is 22.8 Å². The standard InChI is InChI=1S/C13H12Br2O2S/c1-7-3-4-10(17-2)8(5-7)12(16)9-6-11(14)18-13(9)15/h3-6,12,16H,1-2H3. The van der Waals surface area contributed by atoms with Crippen molar-refractivity contribution in [2.75, 3.05) is 7.11 Å². The lowest BCUT2D eigenvalue weighted by molar-refractivity contribution is 0.214. The summed E-state index contributed by atoms with van der Waals surface area (Å²) in [4.78, 5) is 0. The van der Waals surface area contributed by atoms with Crippen LogP contribution in [0.2, 0.25) is 0 Å². The highest BCUT2D eigenvalue weighted by Crippen LogP contribution is 2.40. The Bertz CT molecular complexity index is 566. The average Bonchev–Trinajstić information content (AvgIpc) is 2.67. The van der Waals surface area contributed by atoms with Crippen LogP contribution in [-0.2, 0) is 0 Å². The molecule has 0 amide bonds. The topological polar surface area (TPSA) is 29.5 Å². The van der Waals surface area contributed by atoms with Gasteiger partial charge < -0.3 is 9.84 Å². The van der Waals surface area contributed by atoms with Gasteiger partial charge in [-0.15, -0.1) is 11.3 Å². The molecular weight excluding hydrogens is 380 g/mol. The van der Waals surface area contributed by atoms with Crippen molar-refractivity contribution in [3.05, 3.63) is 48.5 Å². The van der Waals surface area contributed by atoms with Gasteiger partial charge in [-0.2, -0.15) is 0 Å². The number of halogens is 2. The predicted molar refractivity (Wildman–Crippen MR) is 81.5 cm³/mol. The van der Waals surface area contributed by atoms with Crippen molar-refractivity contribution in [3.8, 4) is 5.75 Å². The molecule has 18 heavy (non-hydrogen) atoms. The SMILES string of the molecule is COc1ccc(C)cc1C(O)c1cc(Br)sc1Br. The van der Waals surface area contributed by atoms with Crippen molar-refractivity contribution in [1.29, 1.82) is 0 Å². The molecule has 1 unspecified atom stereocenters. The molecule has 0 saturated heterocycles. The van der Waals surface area contributed by atoms with Gasteiger partial charge in [0.25, 0.3) is 0 Å². The van der Waals surface area contributed by atoms with Gasteiger partial charge in [0.2, 0.25) is 0 Å². The molecule has 2 aromatic rings. The molecule has 1 N–H and O–H groups in total. The zero-order valence-corrected chi connectivity index (χ0v) is 13.9. The lowest BCUT2D eigenvalue weighted by atomic mass is 10.0. The number of thiophene rings is 1. The molecule has 0 aliphatic heterocycles. The fraction of sp³-hybridized carbons (Fsp3) is 0.231. The Kier molecular flexibility index (Phi) is 4.48. The Morgan fingerprint density at radius 2 is 1.94 bits per heavy atom. The van der Waals surface area contributed by atoms with Crippen LogP contribution in [0.15, 0.2) is 31.8 Å². The maximum absolute atomic E-state index is 10.5. The number of aliphatic hydroxyl groups is 1. The highest BCUT2D eigenvalue weighted by molar-refractivity contribution is 9.12. The fourth-order valence-electron chi connectivity index (χ4n) is 1.77. The van der Waals surface area contributed by atoms with Crippen molar-refractivity contribution < 1.29 is 9.84 Å². The van der Waals surface area contributed by atoms with Crippen LogP contribution in [-0.4, -0.2) is 12.2 Å². The second-order valence-corrected chi connectivity index (χ2v) is 7.68. The van der Waals surface area contributed by atoms with E-state index in [1.165, 1.54) is 0 Å². The molecule has 1 atom stereocenters. The smallest absolute Gasteiger partial charge is 0.125 e. The Morgan fingerprint density at radius 1 is 1.22 bits per heavy atom. The summed E-state index contributed by atoms with van der Waals surface area (Å²) in [7, 11) is 1.61. The van der Waals surface area contributed by atoms with E-state index in [2.05, 4.69) is 31.9 Å². The molecule has 2 nitrogen and oxygen atoms in total. The van der Waals surface area contributed by atoms with Crippen molar-refractivity contribution in [2.24, 2.45) is 0 Å². The molecule has 1 aromatic heterocycles. The summed E-state index contributed by atoms with van der Waals surface area (Å²) in [5.41, 5.74) is 2.72. The van der Waals surface area contributed by atoms with Crippen molar-refractivity contribution in [1.82, 2.24) is 0 Å². The first-order valence-corrected chi connectivity index (χ1v) is 7.70. The maximum atomic E-state index is 10.5. The minimum atomic E-state index is -0.697. The summed E-state index contributed by atoms with van der Waals surface area (Å²) < 4.78 is 7.21. The van der Waals surface area contributed by atoms with E-state index in [4.69, 9.17) is 4.74 Å².